The van der Waals surface area contributed by atoms with Crippen molar-refractivity contribution in [1.29, 1.82) is 0 Å². The van der Waals surface area contributed by atoms with Crippen molar-refractivity contribution in [2.45, 2.75) is 19.8 Å². The van der Waals surface area contributed by atoms with E-state index in [-0.39, 0.29) is 17.8 Å². The summed E-state index contributed by atoms with van der Waals surface area (Å²) >= 11 is 0. The zero-order chi connectivity index (χ0) is 10.7. The van der Waals surface area contributed by atoms with Crippen molar-refractivity contribution in [1.82, 2.24) is 9.78 Å². The molecule has 78 valence electrons. The molecular formula is C10H16N2O2. The molecule has 1 atom stereocenters. The van der Waals surface area contributed by atoms with Crippen molar-refractivity contribution in [3.63, 3.8) is 0 Å². The van der Waals surface area contributed by atoms with Gasteiger partial charge in [-0.25, -0.2) is 0 Å². The summed E-state index contributed by atoms with van der Waals surface area (Å²) in [6, 6.07) is 1.85. The fourth-order valence-corrected chi connectivity index (χ4v) is 1.46. The minimum atomic E-state index is -0.263. The third kappa shape index (κ3) is 2.13. The molecule has 0 aromatic carbocycles. The highest BCUT2D eigenvalue weighted by atomic mass is 16.5. The van der Waals surface area contributed by atoms with E-state index in [0.29, 0.717) is 0 Å². The molecule has 14 heavy (non-hydrogen) atoms. The number of carbonyl (C=O) groups excluding carboxylic acids is 1. The number of methoxy groups -OCH3 is 1. The minimum Gasteiger partial charge on any atom is -0.468 e. The van der Waals surface area contributed by atoms with Gasteiger partial charge in [0.05, 0.1) is 12.8 Å². The van der Waals surface area contributed by atoms with E-state index in [9.17, 15) is 4.79 Å². The number of aromatic nitrogens is 2. The van der Waals surface area contributed by atoms with Gasteiger partial charge < -0.3 is 4.74 Å². The van der Waals surface area contributed by atoms with Gasteiger partial charge in [-0.3, -0.25) is 9.48 Å². The lowest BCUT2D eigenvalue weighted by Crippen LogP contribution is -2.20. The second-order valence-corrected chi connectivity index (χ2v) is 3.66. The molecular weight excluding hydrogens is 180 g/mol. The summed E-state index contributed by atoms with van der Waals surface area (Å²) < 4.78 is 6.44. The van der Waals surface area contributed by atoms with Gasteiger partial charge in [0.1, 0.15) is 5.92 Å². The lowest BCUT2D eigenvalue weighted by atomic mass is 9.93. The van der Waals surface area contributed by atoms with Gasteiger partial charge in [0.15, 0.2) is 0 Å². The number of esters is 1. The van der Waals surface area contributed by atoms with Crippen molar-refractivity contribution >= 4 is 5.97 Å². The van der Waals surface area contributed by atoms with Crippen LogP contribution >= 0.6 is 0 Å². The Hall–Kier alpha value is -1.32. The molecule has 0 saturated heterocycles. The highest BCUT2D eigenvalue weighted by Gasteiger charge is 2.26. The normalized spacial score (nSPS) is 12.9. The van der Waals surface area contributed by atoms with Gasteiger partial charge in [0, 0.05) is 13.2 Å². The monoisotopic (exact) mass is 196 g/mol. The molecule has 0 saturated carbocycles. The third-order valence-electron chi connectivity index (χ3n) is 2.17. The van der Waals surface area contributed by atoms with E-state index in [1.807, 2.05) is 33.2 Å². The average Bonchev–Trinajstić information content (AvgIpc) is 2.51. The Morgan fingerprint density at radius 3 is 2.57 bits per heavy atom. The summed E-state index contributed by atoms with van der Waals surface area (Å²) in [4.78, 5) is 11.5. The predicted octanol–water partition coefficient (Wildman–Crippen LogP) is 1.33. The first-order chi connectivity index (χ1) is 6.56. The Bertz CT molecular complexity index is 318. The first-order valence-corrected chi connectivity index (χ1v) is 4.63. The van der Waals surface area contributed by atoms with Gasteiger partial charge >= 0.3 is 5.97 Å². The summed E-state index contributed by atoms with van der Waals surface area (Å²) in [7, 11) is 3.23. The number of nitrogens with zero attached hydrogens (tertiary/aromatic N) is 2. The van der Waals surface area contributed by atoms with Crippen LogP contribution in [-0.4, -0.2) is 22.9 Å². The molecule has 0 fully saturated rings. The largest absolute Gasteiger partial charge is 0.468 e. The zero-order valence-electron chi connectivity index (χ0n) is 9.02. The molecule has 1 aromatic rings. The SMILES string of the molecule is COC(=O)C(c1ccn(C)n1)C(C)C. The van der Waals surface area contributed by atoms with Crippen LogP contribution in [0.1, 0.15) is 25.5 Å². The Morgan fingerprint density at radius 2 is 2.21 bits per heavy atom. The van der Waals surface area contributed by atoms with Gasteiger partial charge in [0.25, 0.3) is 0 Å². The van der Waals surface area contributed by atoms with E-state index >= 15 is 0 Å². The highest BCUT2D eigenvalue weighted by Crippen LogP contribution is 2.23. The van der Waals surface area contributed by atoms with Crippen molar-refractivity contribution in [2.75, 3.05) is 7.11 Å². The van der Waals surface area contributed by atoms with Crippen LogP contribution in [0.4, 0.5) is 0 Å². The standard InChI is InChI=1S/C10H16N2O2/c1-7(2)9(10(13)14-4)8-5-6-12(3)11-8/h5-7,9H,1-4H3. The lowest BCUT2D eigenvalue weighted by Gasteiger charge is -2.15. The Morgan fingerprint density at radius 1 is 1.57 bits per heavy atom. The molecule has 0 radical (unpaired) electrons. The van der Waals surface area contributed by atoms with Crippen LogP contribution in [-0.2, 0) is 16.6 Å². The molecule has 0 spiro atoms. The highest BCUT2D eigenvalue weighted by molar-refractivity contribution is 5.77. The first kappa shape index (κ1) is 10.8. The topological polar surface area (TPSA) is 44.1 Å². The van der Waals surface area contributed by atoms with Crippen LogP contribution in [0.15, 0.2) is 12.3 Å². The van der Waals surface area contributed by atoms with E-state index in [4.69, 9.17) is 4.74 Å². The van der Waals surface area contributed by atoms with Crippen molar-refractivity contribution in [3.05, 3.63) is 18.0 Å². The predicted molar refractivity (Wildman–Crippen MR) is 52.8 cm³/mol. The van der Waals surface area contributed by atoms with E-state index in [1.54, 1.807) is 4.68 Å². The molecule has 1 unspecified atom stereocenters. The molecule has 0 amide bonds. The van der Waals surface area contributed by atoms with Crippen LogP contribution < -0.4 is 0 Å². The first-order valence-electron chi connectivity index (χ1n) is 4.63. The molecule has 0 aliphatic rings. The summed E-state index contributed by atoms with van der Waals surface area (Å²) in [6.07, 6.45) is 1.83. The van der Waals surface area contributed by atoms with E-state index in [0.717, 1.165) is 5.69 Å². The Balaban J connectivity index is 2.94. The Labute approximate surface area is 83.9 Å². The second-order valence-electron chi connectivity index (χ2n) is 3.66. The summed E-state index contributed by atoms with van der Waals surface area (Å²) in [6.45, 7) is 3.96. The van der Waals surface area contributed by atoms with Gasteiger partial charge in [-0.2, -0.15) is 5.10 Å². The molecule has 0 N–H and O–H groups in total. The number of carbonyl (C=O) groups is 1. The fourth-order valence-electron chi connectivity index (χ4n) is 1.46. The van der Waals surface area contributed by atoms with Crippen LogP contribution in [0.25, 0.3) is 0 Å². The number of rotatable bonds is 3. The molecule has 4 heteroatoms. The van der Waals surface area contributed by atoms with E-state index in [1.165, 1.54) is 7.11 Å². The van der Waals surface area contributed by atoms with Gasteiger partial charge in [-0.1, -0.05) is 13.8 Å². The number of ether oxygens (including phenoxy) is 1. The Kier molecular flexibility index (Phi) is 3.28. The molecule has 0 aliphatic carbocycles. The molecule has 0 bridgehead atoms. The lowest BCUT2D eigenvalue weighted by molar-refractivity contribution is -0.143. The van der Waals surface area contributed by atoms with Crippen LogP contribution in [0, 0.1) is 5.92 Å². The smallest absolute Gasteiger partial charge is 0.315 e. The summed E-state index contributed by atoms with van der Waals surface area (Å²) in [5.41, 5.74) is 0.773. The van der Waals surface area contributed by atoms with E-state index in [2.05, 4.69) is 5.10 Å². The molecule has 1 aromatic heterocycles. The van der Waals surface area contributed by atoms with Crippen molar-refractivity contribution in [2.24, 2.45) is 13.0 Å². The maximum atomic E-state index is 11.5. The number of hydrogen-bond donors (Lipinski definition) is 0. The quantitative estimate of drug-likeness (QED) is 0.685. The minimum absolute atomic E-state index is 0.192. The average molecular weight is 196 g/mol. The second kappa shape index (κ2) is 4.26. The number of hydrogen-bond acceptors (Lipinski definition) is 3. The maximum absolute atomic E-state index is 11.5. The third-order valence-corrected chi connectivity index (χ3v) is 2.17. The number of aryl methyl sites for hydroxylation is 1. The van der Waals surface area contributed by atoms with Gasteiger partial charge in [0.2, 0.25) is 0 Å². The van der Waals surface area contributed by atoms with Crippen molar-refractivity contribution in [3.8, 4) is 0 Å². The zero-order valence-corrected chi connectivity index (χ0v) is 9.02. The van der Waals surface area contributed by atoms with Gasteiger partial charge in [-0.05, 0) is 12.0 Å². The maximum Gasteiger partial charge on any atom is 0.315 e. The molecule has 0 aliphatic heterocycles. The fraction of sp³-hybridized carbons (Fsp3) is 0.600. The van der Waals surface area contributed by atoms with Crippen LogP contribution in [0.5, 0.6) is 0 Å². The van der Waals surface area contributed by atoms with Crippen LogP contribution in [0.2, 0.25) is 0 Å². The molecule has 4 nitrogen and oxygen atoms in total. The summed E-state index contributed by atoms with van der Waals surface area (Å²) in [5, 5.41) is 4.22. The van der Waals surface area contributed by atoms with Gasteiger partial charge in [-0.15, -0.1) is 0 Å². The van der Waals surface area contributed by atoms with Crippen molar-refractivity contribution < 1.29 is 9.53 Å². The van der Waals surface area contributed by atoms with Crippen LogP contribution in [0.3, 0.4) is 0 Å². The molecule has 1 rings (SSSR count). The van der Waals surface area contributed by atoms with E-state index < -0.39 is 0 Å². The summed E-state index contributed by atoms with van der Waals surface area (Å²) in [5.74, 6) is -0.294. The molecule has 1 heterocycles.